The van der Waals surface area contributed by atoms with Crippen LogP contribution in [0.3, 0.4) is 0 Å². The summed E-state index contributed by atoms with van der Waals surface area (Å²) >= 11 is 0. The summed E-state index contributed by atoms with van der Waals surface area (Å²) < 4.78 is 21.9. The maximum atomic E-state index is 11.7. The third kappa shape index (κ3) is 8.35. The number of hydrogen-bond acceptors (Lipinski definition) is 7. The molecule has 2 aromatic rings. The predicted octanol–water partition coefficient (Wildman–Crippen LogP) is 4.21. The normalized spacial score (nSPS) is 11.7. The van der Waals surface area contributed by atoms with Crippen molar-refractivity contribution in [3.63, 3.8) is 0 Å². The molecule has 1 aromatic heterocycles. The summed E-state index contributed by atoms with van der Waals surface area (Å²) in [4.78, 5) is 20.0. The van der Waals surface area contributed by atoms with Crippen molar-refractivity contribution in [1.29, 1.82) is 0 Å². The average Bonchev–Trinajstić information content (AvgIpc) is 2.65. The minimum Gasteiger partial charge on any atom is -0.497 e. The highest BCUT2D eigenvalue weighted by Crippen LogP contribution is 2.18. The summed E-state index contributed by atoms with van der Waals surface area (Å²) in [6, 6.07) is 7.70. The zero-order valence-corrected chi connectivity index (χ0v) is 17.8. The van der Waals surface area contributed by atoms with E-state index in [0.29, 0.717) is 12.5 Å². The maximum absolute atomic E-state index is 11.7. The number of carbonyl (C=O) groups is 1. The van der Waals surface area contributed by atoms with E-state index >= 15 is 0 Å². The highest BCUT2D eigenvalue weighted by molar-refractivity contribution is 5.83. The minimum atomic E-state index is -0.589. The van der Waals surface area contributed by atoms with Gasteiger partial charge in [0.25, 0.3) is 0 Å². The molecule has 1 aromatic carbocycles. The van der Waals surface area contributed by atoms with E-state index in [0.717, 1.165) is 11.3 Å². The average molecular weight is 403 g/mol. The van der Waals surface area contributed by atoms with Gasteiger partial charge >= 0.3 is 6.09 Å². The molecule has 0 unspecified atom stereocenters. The lowest BCUT2D eigenvalue weighted by Crippen LogP contribution is -2.32. The number of rotatable bonds is 8. The Balaban J connectivity index is 1.80. The molecule has 1 amide bonds. The van der Waals surface area contributed by atoms with Crippen LogP contribution in [0, 0.1) is 0 Å². The lowest BCUT2D eigenvalue weighted by atomic mass is 10.1. The predicted molar refractivity (Wildman–Crippen MR) is 109 cm³/mol. The van der Waals surface area contributed by atoms with Crippen molar-refractivity contribution in [1.82, 2.24) is 9.97 Å². The minimum absolute atomic E-state index is 0.279. The lowest BCUT2D eigenvalue weighted by Gasteiger charge is -2.25. The van der Waals surface area contributed by atoms with Crippen molar-refractivity contribution < 1.29 is 23.7 Å². The Morgan fingerprint density at radius 2 is 1.72 bits per heavy atom. The Labute approximate surface area is 171 Å². The second-order valence-corrected chi connectivity index (χ2v) is 8.05. The first-order valence-corrected chi connectivity index (χ1v) is 9.28. The number of aromatic nitrogens is 2. The standard InChI is InChI=1S/C21H29N3O5/c1-20(2,3)29-19(25)24-17-11-23-18(12-22-17)27-14-21(4,5)28-13-15-7-9-16(26-6)10-8-15/h7-12H,13-14H2,1-6H3,(H,22,24,25). The van der Waals surface area contributed by atoms with Crippen molar-refractivity contribution in [2.75, 3.05) is 19.0 Å². The van der Waals surface area contributed by atoms with Crippen LogP contribution in [-0.2, 0) is 16.1 Å². The topological polar surface area (TPSA) is 91.8 Å². The monoisotopic (exact) mass is 403 g/mol. The molecule has 0 aliphatic carbocycles. The molecule has 1 N–H and O–H groups in total. The SMILES string of the molecule is COc1ccc(COC(C)(C)COc2cnc(NC(=O)OC(C)(C)C)cn2)cc1. The van der Waals surface area contributed by atoms with Crippen molar-refractivity contribution in [2.45, 2.75) is 52.4 Å². The van der Waals surface area contributed by atoms with Crippen LogP contribution in [0.25, 0.3) is 0 Å². The molecule has 0 saturated heterocycles. The maximum Gasteiger partial charge on any atom is 0.413 e. The third-order valence-corrected chi connectivity index (χ3v) is 3.61. The number of carbonyl (C=O) groups excluding carboxylic acids is 1. The zero-order chi connectivity index (χ0) is 21.5. The van der Waals surface area contributed by atoms with Gasteiger partial charge in [-0.1, -0.05) is 12.1 Å². The third-order valence-electron chi connectivity index (χ3n) is 3.61. The molecule has 8 nitrogen and oxygen atoms in total. The first kappa shape index (κ1) is 22.4. The van der Waals surface area contributed by atoms with Crippen molar-refractivity contribution in [2.24, 2.45) is 0 Å². The molecule has 0 atom stereocenters. The molecule has 29 heavy (non-hydrogen) atoms. The van der Waals surface area contributed by atoms with E-state index in [1.165, 1.54) is 12.4 Å². The van der Waals surface area contributed by atoms with Crippen LogP contribution in [0.15, 0.2) is 36.7 Å². The lowest BCUT2D eigenvalue weighted by molar-refractivity contribution is -0.0578. The van der Waals surface area contributed by atoms with Crippen molar-refractivity contribution in [3.05, 3.63) is 42.2 Å². The number of hydrogen-bond donors (Lipinski definition) is 1. The van der Waals surface area contributed by atoms with Gasteiger partial charge in [0, 0.05) is 0 Å². The van der Waals surface area contributed by atoms with E-state index < -0.39 is 17.3 Å². The number of nitrogens with zero attached hydrogens (tertiary/aromatic N) is 2. The summed E-state index contributed by atoms with van der Waals surface area (Å²) in [5, 5.41) is 2.52. The number of benzene rings is 1. The summed E-state index contributed by atoms with van der Waals surface area (Å²) in [6.07, 6.45) is 2.25. The van der Waals surface area contributed by atoms with Crippen LogP contribution in [-0.4, -0.2) is 41.0 Å². The number of amides is 1. The van der Waals surface area contributed by atoms with Gasteiger partial charge in [-0.3, -0.25) is 5.32 Å². The Bertz CT molecular complexity index is 783. The van der Waals surface area contributed by atoms with Crippen LogP contribution in [0.5, 0.6) is 11.6 Å². The number of ether oxygens (including phenoxy) is 4. The molecule has 0 bridgehead atoms. The van der Waals surface area contributed by atoms with Gasteiger partial charge in [-0.15, -0.1) is 0 Å². The second-order valence-electron chi connectivity index (χ2n) is 8.05. The van der Waals surface area contributed by atoms with E-state index in [4.69, 9.17) is 18.9 Å². The van der Waals surface area contributed by atoms with Gasteiger partial charge in [-0.25, -0.2) is 14.8 Å². The van der Waals surface area contributed by atoms with Crippen LogP contribution in [0.4, 0.5) is 10.6 Å². The Morgan fingerprint density at radius 3 is 2.28 bits per heavy atom. The molecule has 0 radical (unpaired) electrons. The Kier molecular flexibility index (Phi) is 7.39. The van der Waals surface area contributed by atoms with Crippen LogP contribution >= 0.6 is 0 Å². The fourth-order valence-corrected chi connectivity index (χ4v) is 2.15. The van der Waals surface area contributed by atoms with Crippen LogP contribution < -0.4 is 14.8 Å². The van der Waals surface area contributed by atoms with Gasteiger partial charge in [0.2, 0.25) is 5.88 Å². The number of nitrogens with one attached hydrogen (secondary N) is 1. The molecule has 0 aliphatic rings. The molecule has 0 spiro atoms. The molecule has 2 rings (SSSR count). The van der Waals surface area contributed by atoms with Gasteiger partial charge in [-0.2, -0.15) is 0 Å². The Hall–Kier alpha value is -2.87. The van der Waals surface area contributed by atoms with Crippen LogP contribution in [0.1, 0.15) is 40.2 Å². The van der Waals surface area contributed by atoms with E-state index in [1.807, 2.05) is 38.1 Å². The number of anilines is 1. The quantitative estimate of drug-likeness (QED) is 0.706. The summed E-state index contributed by atoms with van der Waals surface area (Å²) in [7, 11) is 1.63. The fourth-order valence-electron chi connectivity index (χ4n) is 2.15. The number of methoxy groups -OCH3 is 1. The molecule has 0 saturated carbocycles. The largest absolute Gasteiger partial charge is 0.497 e. The molecular weight excluding hydrogens is 374 g/mol. The van der Waals surface area contributed by atoms with Gasteiger partial charge in [0.15, 0.2) is 5.82 Å². The van der Waals surface area contributed by atoms with Gasteiger partial charge in [0.05, 0.1) is 31.7 Å². The van der Waals surface area contributed by atoms with Crippen molar-refractivity contribution in [3.8, 4) is 11.6 Å². The van der Waals surface area contributed by atoms with Gasteiger partial charge in [0.1, 0.15) is 18.0 Å². The first-order valence-electron chi connectivity index (χ1n) is 9.28. The molecule has 158 valence electrons. The summed E-state index contributed by atoms with van der Waals surface area (Å²) in [5.74, 6) is 1.42. The second kappa shape index (κ2) is 9.56. The molecule has 0 fully saturated rings. The molecule has 1 heterocycles. The Morgan fingerprint density at radius 1 is 1.03 bits per heavy atom. The van der Waals surface area contributed by atoms with Gasteiger partial charge < -0.3 is 18.9 Å². The van der Waals surface area contributed by atoms with E-state index in [9.17, 15) is 4.79 Å². The highest BCUT2D eigenvalue weighted by Gasteiger charge is 2.20. The smallest absolute Gasteiger partial charge is 0.413 e. The molecule has 0 aliphatic heterocycles. The molecular formula is C21H29N3O5. The summed E-state index contributed by atoms with van der Waals surface area (Å²) in [5.41, 5.74) is -0.0799. The fraction of sp³-hybridized carbons (Fsp3) is 0.476. The van der Waals surface area contributed by atoms with E-state index in [-0.39, 0.29) is 12.4 Å². The first-order chi connectivity index (χ1) is 13.6. The molecule has 8 heteroatoms. The highest BCUT2D eigenvalue weighted by atomic mass is 16.6. The van der Waals surface area contributed by atoms with Crippen LogP contribution in [0.2, 0.25) is 0 Å². The zero-order valence-electron chi connectivity index (χ0n) is 17.8. The van der Waals surface area contributed by atoms with Crippen molar-refractivity contribution >= 4 is 11.9 Å². The van der Waals surface area contributed by atoms with Gasteiger partial charge in [-0.05, 0) is 52.3 Å². The van der Waals surface area contributed by atoms with E-state index in [1.54, 1.807) is 27.9 Å². The summed E-state index contributed by atoms with van der Waals surface area (Å²) in [6.45, 7) is 9.96. The van der Waals surface area contributed by atoms with E-state index in [2.05, 4.69) is 15.3 Å².